The first-order valence-corrected chi connectivity index (χ1v) is 4.65. The number of aliphatic hydroxyl groups is 4. The molecule has 0 amide bonds. The van der Waals surface area contributed by atoms with Gasteiger partial charge in [-0.3, -0.25) is 0 Å². The van der Waals surface area contributed by atoms with Crippen molar-refractivity contribution in [1.29, 1.82) is 0 Å². The third-order valence-electron chi connectivity index (χ3n) is 2.16. The van der Waals surface area contributed by atoms with Gasteiger partial charge in [0.2, 0.25) is 0 Å². The Labute approximate surface area is 84.4 Å². The summed E-state index contributed by atoms with van der Waals surface area (Å²) in [5.74, 6) is 0. The molecule has 0 aliphatic carbocycles. The average Bonchev–Trinajstić information content (AvgIpc) is 2.17. The Hall–Kier alpha value is -0.200. The zero-order chi connectivity index (χ0) is 11.2. The van der Waals surface area contributed by atoms with Gasteiger partial charge in [0.05, 0.1) is 25.4 Å². The minimum absolute atomic E-state index is 0.127. The van der Waals surface area contributed by atoms with E-state index in [1.54, 1.807) is 6.92 Å². The van der Waals surface area contributed by atoms with E-state index >= 15 is 0 Å². The molecule has 0 fully saturated rings. The van der Waals surface area contributed by atoms with Crippen LogP contribution >= 0.6 is 0 Å². The lowest BCUT2D eigenvalue weighted by atomic mass is 9.93. The van der Waals surface area contributed by atoms with Crippen molar-refractivity contribution in [2.45, 2.75) is 19.4 Å². The van der Waals surface area contributed by atoms with E-state index in [0.717, 1.165) is 0 Å². The molecule has 86 valence electrons. The fraction of sp³-hybridized carbons (Fsp3) is 1.00. The second-order valence-corrected chi connectivity index (χ2v) is 4.39. The Morgan fingerprint density at radius 2 is 1.43 bits per heavy atom. The first-order chi connectivity index (χ1) is 6.39. The van der Waals surface area contributed by atoms with Gasteiger partial charge < -0.3 is 25.7 Å². The average molecular weight is 207 g/mol. The molecule has 5 N–H and O–H groups in total. The SMILES string of the molecule is CC(O)(CO)CNCC(C)(CO)CO. The Morgan fingerprint density at radius 3 is 1.79 bits per heavy atom. The van der Waals surface area contributed by atoms with E-state index in [4.69, 9.17) is 15.3 Å². The Balaban J connectivity index is 3.83. The number of hydrogen-bond acceptors (Lipinski definition) is 5. The van der Waals surface area contributed by atoms with Gasteiger partial charge in [-0.2, -0.15) is 0 Å². The van der Waals surface area contributed by atoms with Gasteiger partial charge >= 0.3 is 0 Å². The van der Waals surface area contributed by atoms with Crippen molar-refractivity contribution in [3.8, 4) is 0 Å². The van der Waals surface area contributed by atoms with Gasteiger partial charge in [0, 0.05) is 18.5 Å². The number of nitrogens with one attached hydrogen (secondary N) is 1. The summed E-state index contributed by atoms with van der Waals surface area (Å²) in [5.41, 5.74) is -1.75. The molecule has 0 aliphatic heterocycles. The minimum atomic E-state index is -1.16. The molecule has 0 aromatic rings. The molecule has 5 heteroatoms. The molecule has 1 atom stereocenters. The summed E-state index contributed by atoms with van der Waals surface area (Å²) in [6.07, 6.45) is 0. The topological polar surface area (TPSA) is 93.0 Å². The number of rotatable bonds is 7. The first kappa shape index (κ1) is 13.8. The van der Waals surface area contributed by atoms with Crippen LogP contribution in [-0.4, -0.2) is 58.9 Å². The molecule has 0 aliphatic rings. The summed E-state index contributed by atoms with van der Waals surface area (Å²) in [4.78, 5) is 0. The van der Waals surface area contributed by atoms with E-state index in [9.17, 15) is 5.11 Å². The van der Waals surface area contributed by atoms with Gasteiger partial charge in [0.15, 0.2) is 0 Å². The molecule has 0 rings (SSSR count). The van der Waals surface area contributed by atoms with E-state index in [0.29, 0.717) is 6.54 Å². The maximum Gasteiger partial charge on any atom is 0.0972 e. The lowest BCUT2D eigenvalue weighted by Crippen LogP contribution is -2.46. The van der Waals surface area contributed by atoms with Gasteiger partial charge in [-0.25, -0.2) is 0 Å². The van der Waals surface area contributed by atoms with Crippen molar-refractivity contribution in [1.82, 2.24) is 5.32 Å². The third kappa shape index (κ3) is 4.88. The molecule has 0 bridgehead atoms. The smallest absolute Gasteiger partial charge is 0.0972 e. The Bertz CT molecular complexity index is 157. The summed E-state index contributed by atoms with van der Waals surface area (Å²) in [6, 6.07) is 0. The van der Waals surface area contributed by atoms with Crippen molar-refractivity contribution in [3.05, 3.63) is 0 Å². The molecule has 0 heterocycles. The van der Waals surface area contributed by atoms with E-state index in [2.05, 4.69) is 5.32 Å². The maximum absolute atomic E-state index is 9.43. The summed E-state index contributed by atoms with van der Waals surface area (Å²) in [7, 11) is 0. The number of hydrogen-bond donors (Lipinski definition) is 5. The highest BCUT2D eigenvalue weighted by Gasteiger charge is 2.24. The molecule has 0 aromatic heterocycles. The second kappa shape index (κ2) is 5.63. The van der Waals surface area contributed by atoms with Crippen LogP contribution in [0.5, 0.6) is 0 Å². The van der Waals surface area contributed by atoms with Crippen LogP contribution in [0.1, 0.15) is 13.8 Å². The highest BCUT2D eigenvalue weighted by Crippen LogP contribution is 2.12. The highest BCUT2D eigenvalue weighted by molar-refractivity contribution is 4.79. The zero-order valence-electron chi connectivity index (χ0n) is 8.82. The van der Waals surface area contributed by atoms with Crippen LogP contribution in [-0.2, 0) is 0 Å². The first-order valence-electron chi connectivity index (χ1n) is 4.65. The molecule has 0 saturated heterocycles. The summed E-state index contributed by atoms with van der Waals surface area (Å²) >= 11 is 0. The van der Waals surface area contributed by atoms with E-state index in [1.807, 2.05) is 0 Å². The second-order valence-electron chi connectivity index (χ2n) is 4.39. The predicted molar refractivity (Wildman–Crippen MR) is 52.9 cm³/mol. The highest BCUT2D eigenvalue weighted by atomic mass is 16.3. The fourth-order valence-corrected chi connectivity index (χ4v) is 0.851. The van der Waals surface area contributed by atoms with Crippen LogP contribution in [0.4, 0.5) is 0 Å². The molecule has 1 unspecified atom stereocenters. The van der Waals surface area contributed by atoms with Gasteiger partial charge in [0.25, 0.3) is 0 Å². The van der Waals surface area contributed by atoms with Gasteiger partial charge in [-0.1, -0.05) is 6.92 Å². The molecule has 0 spiro atoms. The largest absolute Gasteiger partial charge is 0.396 e. The Kier molecular flexibility index (Phi) is 5.54. The zero-order valence-corrected chi connectivity index (χ0v) is 8.82. The van der Waals surface area contributed by atoms with Crippen molar-refractivity contribution in [2.75, 3.05) is 32.9 Å². The third-order valence-corrected chi connectivity index (χ3v) is 2.16. The lowest BCUT2D eigenvalue weighted by molar-refractivity contribution is -0.00290. The maximum atomic E-state index is 9.43. The number of aliphatic hydroxyl groups excluding tert-OH is 3. The van der Waals surface area contributed by atoms with Crippen LogP contribution in [0.25, 0.3) is 0 Å². The fourth-order valence-electron chi connectivity index (χ4n) is 0.851. The van der Waals surface area contributed by atoms with Crippen LogP contribution in [0.15, 0.2) is 0 Å². The molecular weight excluding hydrogens is 186 g/mol. The van der Waals surface area contributed by atoms with Crippen molar-refractivity contribution >= 4 is 0 Å². The molecule has 0 aromatic carbocycles. The minimum Gasteiger partial charge on any atom is -0.396 e. The molecular formula is C9H21NO4. The molecule has 14 heavy (non-hydrogen) atoms. The quantitative estimate of drug-likeness (QED) is 0.343. The van der Waals surface area contributed by atoms with Gasteiger partial charge in [-0.15, -0.1) is 0 Å². The van der Waals surface area contributed by atoms with Crippen LogP contribution in [0.3, 0.4) is 0 Å². The van der Waals surface area contributed by atoms with Crippen LogP contribution < -0.4 is 5.32 Å². The van der Waals surface area contributed by atoms with Gasteiger partial charge in [0.1, 0.15) is 0 Å². The summed E-state index contributed by atoms with van der Waals surface area (Å²) in [5, 5.41) is 39.0. The summed E-state index contributed by atoms with van der Waals surface area (Å²) < 4.78 is 0. The molecule has 0 saturated carbocycles. The molecule has 0 radical (unpaired) electrons. The van der Waals surface area contributed by atoms with Crippen molar-refractivity contribution < 1.29 is 20.4 Å². The van der Waals surface area contributed by atoms with Crippen molar-refractivity contribution in [3.63, 3.8) is 0 Å². The van der Waals surface area contributed by atoms with E-state index in [-0.39, 0.29) is 26.4 Å². The van der Waals surface area contributed by atoms with E-state index < -0.39 is 11.0 Å². The van der Waals surface area contributed by atoms with E-state index in [1.165, 1.54) is 6.92 Å². The standard InChI is InChI=1S/C9H21NO4/c1-8(5-11,6-12)3-10-4-9(2,14)7-13/h10-14H,3-7H2,1-2H3. The summed E-state index contributed by atoms with van der Waals surface area (Å²) in [6.45, 7) is 3.27. The monoisotopic (exact) mass is 207 g/mol. The Morgan fingerprint density at radius 1 is 0.929 bits per heavy atom. The van der Waals surface area contributed by atoms with Gasteiger partial charge in [-0.05, 0) is 6.92 Å². The van der Waals surface area contributed by atoms with Crippen LogP contribution in [0.2, 0.25) is 0 Å². The normalized spacial score (nSPS) is 16.7. The van der Waals surface area contributed by atoms with Crippen molar-refractivity contribution in [2.24, 2.45) is 5.41 Å². The predicted octanol–water partition coefficient (Wildman–Crippen LogP) is -1.69. The molecule has 5 nitrogen and oxygen atoms in total. The van der Waals surface area contributed by atoms with Crippen LogP contribution in [0, 0.1) is 5.41 Å². The lowest BCUT2D eigenvalue weighted by Gasteiger charge is -2.28.